The molecule has 3 heteroatoms. The predicted molar refractivity (Wildman–Crippen MR) is 74.5 cm³/mol. The molecule has 0 unspecified atom stereocenters. The van der Waals surface area contributed by atoms with Crippen LogP contribution in [0.3, 0.4) is 0 Å². The molecule has 90 valence electrons. The Morgan fingerprint density at radius 2 is 1.94 bits per heavy atom. The minimum absolute atomic E-state index is 0.0816. The molecule has 0 spiro atoms. The molecule has 0 atom stereocenters. The third-order valence-corrected chi connectivity index (χ3v) is 3.73. The maximum Gasteiger partial charge on any atom is 0.123 e. The van der Waals surface area contributed by atoms with E-state index in [0.717, 1.165) is 17.2 Å². The standard InChI is InChI=1S/C14H18N2S/c1-14(2,10-15-3)12-9-17-13(16-12)11-7-5-4-6-8-11/h4-9,15H,10H2,1-3H3. The minimum atomic E-state index is 0.0816. The molecule has 2 rings (SSSR count). The summed E-state index contributed by atoms with van der Waals surface area (Å²) in [6.07, 6.45) is 0. The molecule has 0 amide bonds. The van der Waals surface area contributed by atoms with E-state index < -0.39 is 0 Å². The van der Waals surface area contributed by atoms with Gasteiger partial charge in [-0.1, -0.05) is 44.2 Å². The van der Waals surface area contributed by atoms with Crippen molar-refractivity contribution < 1.29 is 0 Å². The van der Waals surface area contributed by atoms with Crippen molar-refractivity contribution in [2.75, 3.05) is 13.6 Å². The summed E-state index contributed by atoms with van der Waals surface area (Å²) in [7, 11) is 1.98. The van der Waals surface area contributed by atoms with Gasteiger partial charge in [0.05, 0.1) is 5.69 Å². The van der Waals surface area contributed by atoms with Crippen LogP contribution in [0.4, 0.5) is 0 Å². The van der Waals surface area contributed by atoms with E-state index in [1.165, 1.54) is 5.56 Å². The average molecular weight is 246 g/mol. The zero-order valence-electron chi connectivity index (χ0n) is 10.5. The molecule has 0 bridgehead atoms. The summed E-state index contributed by atoms with van der Waals surface area (Å²) >= 11 is 1.72. The normalized spacial score (nSPS) is 11.7. The van der Waals surface area contributed by atoms with Gasteiger partial charge in [-0.2, -0.15) is 0 Å². The fraction of sp³-hybridized carbons (Fsp3) is 0.357. The number of thiazole rings is 1. The van der Waals surface area contributed by atoms with Crippen molar-refractivity contribution in [3.05, 3.63) is 41.4 Å². The Labute approximate surface area is 107 Å². The van der Waals surface area contributed by atoms with Crippen LogP contribution in [-0.4, -0.2) is 18.6 Å². The molecule has 1 N–H and O–H groups in total. The van der Waals surface area contributed by atoms with Crippen LogP contribution in [0.5, 0.6) is 0 Å². The number of nitrogens with one attached hydrogen (secondary N) is 1. The monoisotopic (exact) mass is 246 g/mol. The largest absolute Gasteiger partial charge is 0.319 e. The molecule has 0 saturated heterocycles. The van der Waals surface area contributed by atoms with Crippen molar-refractivity contribution in [2.45, 2.75) is 19.3 Å². The Morgan fingerprint density at radius 3 is 2.59 bits per heavy atom. The molecular weight excluding hydrogens is 228 g/mol. The molecule has 2 aromatic rings. The topological polar surface area (TPSA) is 24.9 Å². The third kappa shape index (κ3) is 2.73. The SMILES string of the molecule is CNCC(C)(C)c1csc(-c2ccccc2)n1. The first-order valence-electron chi connectivity index (χ1n) is 5.79. The van der Waals surface area contributed by atoms with Crippen molar-refractivity contribution in [1.29, 1.82) is 0 Å². The molecule has 1 aromatic carbocycles. The van der Waals surface area contributed by atoms with Crippen LogP contribution in [-0.2, 0) is 5.41 Å². The molecule has 0 aliphatic heterocycles. The van der Waals surface area contributed by atoms with Crippen LogP contribution in [0.2, 0.25) is 0 Å². The number of nitrogens with zero attached hydrogens (tertiary/aromatic N) is 1. The number of benzene rings is 1. The highest BCUT2D eigenvalue weighted by Crippen LogP contribution is 2.29. The smallest absolute Gasteiger partial charge is 0.123 e. The Bertz CT molecular complexity index is 474. The summed E-state index contributed by atoms with van der Waals surface area (Å²) < 4.78 is 0. The zero-order chi connectivity index (χ0) is 12.3. The molecule has 1 heterocycles. The molecule has 2 nitrogen and oxygen atoms in total. The van der Waals surface area contributed by atoms with E-state index in [1.807, 2.05) is 13.1 Å². The van der Waals surface area contributed by atoms with E-state index in [1.54, 1.807) is 11.3 Å². The highest BCUT2D eigenvalue weighted by atomic mass is 32.1. The first-order valence-corrected chi connectivity index (χ1v) is 6.67. The van der Waals surface area contributed by atoms with E-state index in [0.29, 0.717) is 0 Å². The van der Waals surface area contributed by atoms with E-state index in [-0.39, 0.29) is 5.41 Å². The maximum atomic E-state index is 4.75. The molecule has 1 aromatic heterocycles. The van der Waals surface area contributed by atoms with Crippen LogP contribution in [0.25, 0.3) is 10.6 Å². The highest BCUT2D eigenvalue weighted by Gasteiger charge is 2.22. The van der Waals surface area contributed by atoms with Gasteiger partial charge in [-0.05, 0) is 7.05 Å². The van der Waals surface area contributed by atoms with Crippen molar-refractivity contribution in [1.82, 2.24) is 10.3 Å². The van der Waals surface area contributed by atoms with Crippen molar-refractivity contribution in [3.63, 3.8) is 0 Å². The first-order chi connectivity index (χ1) is 8.13. The van der Waals surface area contributed by atoms with Crippen molar-refractivity contribution in [3.8, 4) is 10.6 Å². The van der Waals surface area contributed by atoms with E-state index in [2.05, 4.69) is 48.8 Å². The average Bonchev–Trinajstić information content (AvgIpc) is 2.80. The van der Waals surface area contributed by atoms with E-state index >= 15 is 0 Å². The van der Waals surface area contributed by atoms with Crippen LogP contribution < -0.4 is 5.32 Å². The number of hydrogen-bond donors (Lipinski definition) is 1. The van der Waals surface area contributed by atoms with Gasteiger partial charge in [0.15, 0.2) is 0 Å². The fourth-order valence-electron chi connectivity index (χ4n) is 1.83. The Kier molecular flexibility index (Phi) is 3.60. The number of hydrogen-bond acceptors (Lipinski definition) is 3. The third-order valence-electron chi connectivity index (χ3n) is 2.84. The van der Waals surface area contributed by atoms with Crippen LogP contribution in [0.15, 0.2) is 35.7 Å². The van der Waals surface area contributed by atoms with Crippen LogP contribution >= 0.6 is 11.3 Å². The van der Waals surface area contributed by atoms with Gasteiger partial charge in [0.2, 0.25) is 0 Å². The second kappa shape index (κ2) is 4.98. The number of aromatic nitrogens is 1. The predicted octanol–water partition coefficient (Wildman–Crippen LogP) is 3.31. The van der Waals surface area contributed by atoms with Crippen molar-refractivity contribution >= 4 is 11.3 Å². The summed E-state index contributed by atoms with van der Waals surface area (Å²) in [6.45, 7) is 5.37. The first kappa shape index (κ1) is 12.3. The second-order valence-electron chi connectivity index (χ2n) is 4.82. The van der Waals surface area contributed by atoms with Gasteiger partial charge in [-0.3, -0.25) is 0 Å². The quantitative estimate of drug-likeness (QED) is 0.895. The summed E-state index contributed by atoms with van der Waals surface area (Å²) in [5.74, 6) is 0. The second-order valence-corrected chi connectivity index (χ2v) is 5.68. The van der Waals surface area contributed by atoms with Gasteiger partial charge in [-0.25, -0.2) is 4.98 Å². The maximum absolute atomic E-state index is 4.75. The Morgan fingerprint density at radius 1 is 1.24 bits per heavy atom. The summed E-state index contributed by atoms with van der Waals surface area (Å²) in [4.78, 5) is 4.75. The molecule has 0 radical (unpaired) electrons. The van der Waals surface area contributed by atoms with Crippen LogP contribution in [0.1, 0.15) is 19.5 Å². The molecular formula is C14H18N2S. The van der Waals surface area contributed by atoms with E-state index in [9.17, 15) is 0 Å². The fourth-order valence-corrected chi connectivity index (χ4v) is 2.85. The molecule has 0 saturated carbocycles. The van der Waals surface area contributed by atoms with Crippen molar-refractivity contribution in [2.24, 2.45) is 0 Å². The lowest BCUT2D eigenvalue weighted by molar-refractivity contribution is 0.483. The zero-order valence-corrected chi connectivity index (χ0v) is 11.3. The van der Waals surface area contributed by atoms with Gasteiger partial charge < -0.3 is 5.32 Å². The van der Waals surface area contributed by atoms with Crippen LogP contribution in [0, 0.1) is 0 Å². The molecule has 17 heavy (non-hydrogen) atoms. The van der Waals surface area contributed by atoms with Gasteiger partial charge in [-0.15, -0.1) is 11.3 Å². The van der Waals surface area contributed by atoms with Gasteiger partial charge in [0.25, 0.3) is 0 Å². The summed E-state index contributed by atoms with van der Waals surface area (Å²) in [5, 5.41) is 6.49. The van der Waals surface area contributed by atoms with Gasteiger partial charge >= 0.3 is 0 Å². The Hall–Kier alpha value is -1.19. The summed E-state index contributed by atoms with van der Waals surface area (Å²) in [6, 6.07) is 10.3. The highest BCUT2D eigenvalue weighted by molar-refractivity contribution is 7.13. The van der Waals surface area contributed by atoms with Gasteiger partial charge in [0, 0.05) is 22.9 Å². The molecule has 0 fully saturated rings. The Balaban J connectivity index is 2.28. The lowest BCUT2D eigenvalue weighted by Gasteiger charge is -2.21. The lowest BCUT2D eigenvalue weighted by atomic mass is 9.90. The number of rotatable bonds is 4. The summed E-state index contributed by atoms with van der Waals surface area (Å²) in [5.41, 5.74) is 2.44. The molecule has 0 aliphatic carbocycles. The number of likely N-dealkylation sites (N-methyl/N-ethyl adjacent to an activating group) is 1. The lowest BCUT2D eigenvalue weighted by Crippen LogP contribution is -2.30. The van der Waals surface area contributed by atoms with E-state index in [4.69, 9.17) is 4.98 Å². The van der Waals surface area contributed by atoms with Gasteiger partial charge in [0.1, 0.15) is 5.01 Å². The minimum Gasteiger partial charge on any atom is -0.319 e. The molecule has 0 aliphatic rings.